The van der Waals surface area contributed by atoms with E-state index in [1.807, 2.05) is 42.5 Å². The van der Waals surface area contributed by atoms with Gasteiger partial charge in [0, 0.05) is 10.9 Å². The molecule has 100 valence electrons. The molecule has 4 heteroatoms. The number of hydrogen-bond acceptors (Lipinski definition) is 2. The minimum Gasteiger partial charge on any atom is -0.496 e. The number of benzene rings is 2. The number of H-pyrrole nitrogens is 1. The zero-order valence-electron chi connectivity index (χ0n) is 10.9. The highest BCUT2D eigenvalue weighted by Crippen LogP contribution is 2.34. The number of carbonyl (C=O) groups is 1. The summed E-state index contributed by atoms with van der Waals surface area (Å²) < 4.78 is 5.30. The third-order valence-corrected chi connectivity index (χ3v) is 3.29. The molecule has 3 aromatic rings. The number of aromatic amines is 1. The summed E-state index contributed by atoms with van der Waals surface area (Å²) in [5, 5.41) is 9.91. The summed E-state index contributed by atoms with van der Waals surface area (Å²) in [7, 11) is 1.57. The van der Waals surface area contributed by atoms with Crippen LogP contribution in [0.5, 0.6) is 5.75 Å². The van der Waals surface area contributed by atoms with Crippen molar-refractivity contribution in [2.24, 2.45) is 0 Å². The van der Waals surface area contributed by atoms with Gasteiger partial charge in [0.15, 0.2) is 0 Å². The molecule has 0 atom stereocenters. The maximum atomic E-state index is 11.1. The van der Waals surface area contributed by atoms with Gasteiger partial charge in [0.1, 0.15) is 11.4 Å². The van der Waals surface area contributed by atoms with Crippen LogP contribution in [-0.4, -0.2) is 23.2 Å². The first-order valence-electron chi connectivity index (χ1n) is 6.19. The smallest absolute Gasteiger partial charge is 0.352 e. The third-order valence-electron chi connectivity index (χ3n) is 3.29. The number of fused-ring (bicyclic) bond motifs is 1. The van der Waals surface area contributed by atoms with E-state index in [4.69, 9.17) is 9.84 Å². The van der Waals surface area contributed by atoms with Gasteiger partial charge in [0.05, 0.1) is 12.6 Å². The molecule has 0 aliphatic heterocycles. The molecule has 0 bridgehead atoms. The predicted molar refractivity (Wildman–Crippen MR) is 77.2 cm³/mol. The van der Waals surface area contributed by atoms with E-state index in [0.717, 1.165) is 22.0 Å². The Morgan fingerprint density at radius 2 is 1.90 bits per heavy atom. The molecule has 0 saturated carbocycles. The van der Waals surface area contributed by atoms with Crippen LogP contribution in [-0.2, 0) is 0 Å². The fourth-order valence-electron chi connectivity index (χ4n) is 2.34. The highest BCUT2D eigenvalue weighted by Gasteiger charge is 2.14. The van der Waals surface area contributed by atoms with Crippen LogP contribution in [0.25, 0.3) is 22.0 Å². The van der Waals surface area contributed by atoms with E-state index >= 15 is 0 Å². The first-order chi connectivity index (χ1) is 9.70. The van der Waals surface area contributed by atoms with Crippen molar-refractivity contribution >= 4 is 16.9 Å². The summed E-state index contributed by atoms with van der Waals surface area (Å²) in [6.45, 7) is 0. The molecule has 2 aromatic carbocycles. The SMILES string of the molecule is COc1ccc(-c2ccccc2)c2[nH]c(C(=O)O)cc12. The first-order valence-corrected chi connectivity index (χ1v) is 6.19. The number of rotatable bonds is 3. The van der Waals surface area contributed by atoms with Crippen molar-refractivity contribution in [1.29, 1.82) is 0 Å². The summed E-state index contributed by atoms with van der Waals surface area (Å²) in [4.78, 5) is 14.1. The molecule has 2 N–H and O–H groups in total. The maximum Gasteiger partial charge on any atom is 0.352 e. The minimum absolute atomic E-state index is 0.154. The topological polar surface area (TPSA) is 62.3 Å². The Morgan fingerprint density at radius 3 is 2.55 bits per heavy atom. The molecule has 20 heavy (non-hydrogen) atoms. The van der Waals surface area contributed by atoms with Crippen LogP contribution in [0.4, 0.5) is 0 Å². The summed E-state index contributed by atoms with van der Waals surface area (Å²) in [6.07, 6.45) is 0. The van der Waals surface area contributed by atoms with Gasteiger partial charge >= 0.3 is 5.97 Å². The molecule has 0 radical (unpaired) electrons. The van der Waals surface area contributed by atoms with Crippen LogP contribution < -0.4 is 4.74 Å². The maximum absolute atomic E-state index is 11.1. The van der Waals surface area contributed by atoms with Crippen LogP contribution in [0.3, 0.4) is 0 Å². The summed E-state index contributed by atoms with van der Waals surface area (Å²) in [5.41, 5.74) is 2.91. The van der Waals surface area contributed by atoms with Crippen molar-refractivity contribution in [3.8, 4) is 16.9 Å². The van der Waals surface area contributed by atoms with Gasteiger partial charge in [-0.1, -0.05) is 30.3 Å². The molecule has 0 aliphatic rings. The Balaban J connectivity index is 2.31. The lowest BCUT2D eigenvalue weighted by molar-refractivity contribution is 0.0691. The van der Waals surface area contributed by atoms with Gasteiger partial charge < -0.3 is 14.8 Å². The molecule has 3 rings (SSSR count). The zero-order chi connectivity index (χ0) is 14.1. The monoisotopic (exact) mass is 267 g/mol. The lowest BCUT2D eigenvalue weighted by Crippen LogP contribution is -1.95. The summed E-state index contributed by atoms with van der Waals surface area (Å²) >= 11 is 0. The lowest BCUT2D eigenvalue weighted by atomic mass is 10.0. The van der Waals surface area contributed by atoms with Gasteiger partial charge in [0.25, 0.3) is 0 Å². The lowest BCUT2D eigenvalue weighted by Gasteiger charge is -2.07. The number of methoxy groups -OCH3 is 1. The molecule has 0 aliphatic carbocycles. The molecule has 0 spiro atoms. The van der Waals surface area contributed by atoms with Gasteiger partial charge in [-0.3, -0.25) is 0 Å². The third kappa shape index (κ3) is 1.91. The Bertz CT molecular complexity index is 775. The second-order valence-corrected chi connectivity index (χ2v) is 4.46. The van der Waals surface area contributed by atoms with E-state index in [2.05, 4.69) is 4.98 Å². The predicted octanol–water partition coefficient (Wildman–Crippen LogP) is 3.54. The van der Waals surface area contributed by atoms with Crippen molar-refractivity contribution in [2.45, 2.75) is 0 Å². The zero-order valence-corrected chi connectivity index (χ0v) is 10.9. The van der Waals surface area contributed by atoms with E-state index < -0.39 is 5.97 Å². The van der Waals surface area contributed by atoms with Gasteiger partial charge in [-0.05, 0) is 23.8 Å². The number of aromatic carboxylic acids is 1. The highest BCUT2D eigenvalue weighted by molar-refractivity contribution is 6.02. The Hall–Kier alpha value is -2.75. The van der Waals surface area contributed by atoms with Gasteiger partial charge in [-0.2, -0.15) is 0 Å². The van der Waals surface area contributed by atoms with Gasteiger partial charge in [-0.15, -0.1) is 0 Å². The van der Waals surface area contributed by atoms with Crippen LogP contribution >= 0.6 is 0 Å². The standard InChI is InChI=1S/C16H13NO3/c1-20-14-8-7-11(10-5-3-2-4-6-10)15-12(14)9-13(17-15)16(18)19/h2-9,17H,1H3,(H,18,19). The van der Waals surface area contributed by atoms with Crippen LogP contribution in [0, 0.1) is 0 Å². The van der Waals surface area contributed by atoms with Crippen molar-refractivity contribution in [2.75, 3.05) is 7.11 Å². The van der Waals surface area contributed by atoms with Crippen LogP contribution in [0.15, 0.2) is 48.5 Å². The number of carboxylic acids is 1. The summed E-state index contributed by atoms with van der Waals surface area (Å²) in [5.74, 6) is -0.328. The Morgan fingerprint density at radius 1 is 1.15 bits per heavy atom. The number of ether oxygens (including phenoxy) is 1. The minimum atomic E-state index is -0.984. The number of aromatic nitrogens is 1. The number of hydrogen-bond donors (Lipinski definition) is 2. The normalized spacial score (nSPS) is 10.7. The number of nitrogens with one attached hydrogen (secondary N) is 1. The van der Waals surface area contributed by atoms with Crippen molar-refractivity contribution < 1.29 is 14.6 Å². The van der Waals surface area contributed by atoms with E-state index in [-0.39, 0.29) is 5.69 Å². The van der Waals surface area contributed by atoms with E-state index in [1.54, 1.807) is 13.2 Å². The second kappa shape index (κ2) is 4.74. The quantitative estimate of drug-likeness (QED) is 0.763. The van der Waals surface area contributed by atoms with Crippen molar-refractivity contribution in [3.63, 3.8) is 0 Å². The molecule has 1 aromatic heterocycles. The molecule has 0 unspecified atom stereocenters. The van der Waals surface area contributed by atoms with Gasteiger partial charge in [0.2, 0.25) is 0 Å². The van der Waals surface area contributed by atoms with Crippen molar-refractivity contribution in [1.82, 2.24) is 4.98 Å². The Labute approximate surface area is 115 Å². The average molecular weight is 267 g/mol. The first kappa shape index (κ1) is 12.3. The highest BCUT2D eigenvalue weighted by atomic mass is 16.5. The molecular weight excluding hydrogens is 254 g/mol. The van der Waals surface area contributed by atoms with E-state index in [9.17, 15) is 4.79 Å². The van der Waals surface area contributed by atoms with Crippen LogP contribution in [0.2, 0.25) is 0 Å². The fraction of sp³-hybridized carbons (Fsp3) is 0.0625. The van der Waals surface area contributed by atoms with Crippen molar-refractivity contribution in [3.05, 3.63) is 54.2 Å². The summed E-state index contributed by atoms with van der Waals surface area (Å²) in [6, 6.07) is 15.2. The molecule has 0 amide bonds. The largest absolute Gasteiger partial charge is 0.496 e. The van der Waals surface area contributed by atoms with E-state index in [0.29, 0.717) is 5.75 Å². The second-order valence-electron chi connectivity index (χ2n) is 4.46. The molecule has 4 nitrogen and oxygen atoms in total. The molecular formula is C16H13NO3. The van der Waals surface area contributed by atoms with Gasteiger partial charge in [-0.25, -0.2) is 4.79 Å². The Kier molecular flexibility index (Phi) is 2.91. The van der Waals surface area contributed by atoms with E-state index in [1.165, 1.54) is 0 Å². The fourth-order valence-corrected chi connectivity index (χ4v) is 2.34. The number of carboxylic acid groups (broad SMARTS) is 1. The van der Waals surface area contributed by atoms with Crippen LogP contribution in [0.1, 0.15) is 10.5 Å². The molecule has 0 fully saturated rings. The molecule has 1 heterocycles. The molecule has 0 saturated heterocycles. The average Bonchev–Trinajstić information content (AvgIpc) is 2.92.